The number of para-hydroxylation sites is 1. The highest BCUT2D eigenvalue weighted by atomic mass is 35.5. The third-order valence-corrected chi connectivity index (χ3v) is 8.61. The molecule has 2 aromatic carbocycles. The van der Waals surface area contributed by atoms with Gasteiger partial charge in [0.15, 0.2) is 0 Å². The molecule has 7 rings (SSSR count). The molecule has 0 radical (unpaired) electrons. The fraction of sp³-hybridized carbons (Fsp3) is 0.290. The van der Waals surface area contributed by atoms with Gasteiger partial charge in [0.25, 0.3) is 11.5 Å². The third-order valence-electron chi connectivity index (χ3n) is 8.37. The first-order chi connectivity index (χ1) is 18.5. The van der Waals surface area contributed by atoms with Crippen LogP contribution < -0.4 is 10.5 Å². The molecule has 5 heterocycles. The van der Waals surface area contributed by atoms with Crippen LogP contribution in [0, 0.1) is 5.92 Å². The van der Waals surface area contributed by atoms with E-state index < -0.39 is 0 Å². The van der Waals surface area contributed by atoms with E-state index in [4.69, 9.17) is 11.6 Å². The predicted octanol–water partition coefficient (Wildman–Crippen LogP) is 5.44. The number of anilines is 1. The summed E-state index contributed by atoms with van der Waals surface area (Å²) in [7, 11) is 0. The third kappa shape index (κ3) is 3.74. The standard InChI is InChI=1S/C31H29ClN4O2/c1-2-34-18-21(24-6-3-4-7-28(24)34)13-26-25-11-10-23(32)14-29(25)36(31(26)38)19-33-15-20-12-22(17-33)27-8-5-9-30(37)35(27)16-20/h3-11,13-14,18,20,22H,2,12,15-17,19H2,1H3/b26-13-. The molecule has 2 aromatic heterocycles. The van der Waals surface area contributed by atoms with Gasteiger partial charge in [-0.15, -0.1) is 0 Å². The van der Waals surface area contributed by atoms with E-state index >= 15 is 0 Å². The zero-order valence-electron chi connectivity index (χ0n) is 21.3. The fourth-order valence-electron chi connectivity index (χ4n) is 6.72. The van der Waals surface area contributed by atoms with E-state index in [2.05, 4.69) is 40.8 Å². The van der Waals surface area contributed by atoms with E-state index in [1.165, 1.54) is 5.52 Å². The van der Waals surface area contributed by atoms with Gasteiger partial charge in [0.2, 0.25) is 0 Å². The summed E-state index contributed by atoms with van der Waals surface area (Å²) in [5, 5.41) is 1.76. The van der Waals surface area contributed by atoms with Gasteiger partial charge in [0.1, 0.15) is 0 Å². The van der Waals surface area contributed by atoms with E-state index in [0.29, 0.717) is 29.1 Å². The number of hydrogen-bond donors (Lipinski definition) is 0. The van der Waals surface area contributed by atoms with E-state index in [1.54, 1.807) is 6.07 Å². The number of fused-ring (bicyclic) bond motifs is 6. The first-order valence-corrected chi connectivity index (χ1v) is 13.7. The van der Waals surface area contributed by atoms with Crippen molar-refractivity contribution in [3.63, 3.8) is 0 Å². The van der Waals surface area contributed by atoms with Crippen molar-refractivity contribution in [1.29, 1.82) is 0 Å². The van der Waals surface area contributed by atoms with Crippen molar-refractivity contribution < 1.29 is 4.79 Å². The maximum Gasteiger partial charge on any atom is 0.260 e. The van der Waals surface area contributed by atoms with Crippen molar-refractivity contribution in [3.05, 3.63) is 99.1 Å². The molecule has 3 aliphatic rings. The first-order valence-electron chi connectivity index (χ1n) is 13.3. The second-order valence-electron chi connectivity index (χ2n) is 10.7. The van der Waals surface area contributed by atoms with Crippen LogP contribution in [0.5, 0.6) is 0 Å². The lowest BCUT2D eigenvalue weighted by molar-refractivity contribution is -0.113. The number of hydrogen-bond acceptors (Lipinski definition) is 3. The van der Waals surface area contributed by atoms with Crippen LogP contribution >= 0.6 is 11.6 Å². The van der Waals surface area contributed by atoms with Crippen LogP contribution in [0.2, 0.25) is 5.02 Å². The molecule has 2 bridgehead atoms. The molecular weight excluding hydrogens is 496 g/mol. The molecule has 3 aliphatic heterocycles. The van der Waals surface area contributed by atoms with E-state index in [1.807, 2.05) is 51.9 Å². The largest absolute Gasteiger partial charge is 0.347 e. The molecule has 2 atom stereocenters. The number of aryl methyl sites for hydroxylation is 1. The number of carbonyl (C=O) groups is 1. The van der Waals surface area contributed by atoms with Crippen LogP contribution in [0.25, 0.3) is 22.6 Å². The van der Waals surface area contributed by atoms with Crippen molar-refractivity contribution in [1.82, 2.24) is 14.0 Å². The number of likely N-dealkylation sites (tertiary alicyclic amines) is 1. The monoisotopic (exact) mass is 524 g/mol. The average Bonchev–Trinajstić information content (AvgIpc) is 3.40. The highest BCUT2D eigenvalue weighted by molar-refractivity contribution is 6.37. The number of benzene rings is 2. The minimum atomic E-state index is 0.00273. The number of piperidine rings is 1. The summed E-state index contributed by atoms with van der Waals surface area (Å²) < 4.78 is 4.16. The summed E-state index contributed by atoms with van der Waals surface area (Å²) >= 11 is 6.43. The van der Waals surface area contributed by atoms with Crippen molar-refractivity contribution in [2.45, 2.75) is 32.4 Å². The summed E-state index contributed by atoms with van der Waals surface area (Å²) in [6.07, 6.45) is 5.26. The smallest absolute Gasteiger partial charge is 0.260 e. The van der Waals surface area contributed by atoms with Gasteiger partial charge in [0, 0.05) is 82.7 Å². The van der Waals surface area contributed by atoms with Crippen LogP contribution in [0.4, 0.5) is 5.69 Å². The van der Waals surface area contributed by atoms with Crippen molar-refractivity contribution in [3.8, 4) is 0 Å². The first kappa shape index (κ1) is 23.5. The molecule has 1 saturated heterocycles. The van der Waals surface area contributed by atoms with Gasteiger partial charge < -0.3 is 9.13 Å². The molecule has 0 spiro atoms. The lowest BCUT2D eigenvalue weighted by Crippen LogP contribution is -2.50. The van der Waals surface area contributed by atoms with E-state index in [0.717, 1.165) is 60.5 Å². The van der Waals surface area contributed by atoms with Gasteiger partial charge in [-0.1, -0.05) is 41.9 Å². The number of rotatable bonds is 4. The van der Waals surface area contributed by atoms with Crippen molar-refractivity contribution in [2.75, 3.05) is 24.7 Å². The van der Waals surface area contributed by atoms with Gasteiger partial charge in [-0.3, -0.25) is 19.4 Å². The highest BCUT2D eigenvalue weighted by Crippen LogP contribution is 2.41. The summed E-state index contributed by atoms with van der Waals surface area (Å²) in [6, 6.07) is 19.7. The summed E-state index contributed by atoms with van der Waals surface area (Å²) in [5.74, 6) is 0.694. The van der Waals surface area contributed by atoms with Gasteiger partial charge in [0.05, 0.1) is 12.4 Å². The minimum Gasteiger partial charge on any atom is -0.347 e. The topological polar surface area (TPSA) is 50.5 Å². The fourth-order valence-corrected chi connectivity index (χ4v) is 6.89. The van der Waals surface area contributed by atoms with Gasteiger partial charge in [-0.2, -0.15) is 0 Å². The molecule has 0 aliphatic carbocycles. The molecule has 0 N–H and O–H groups in total. The van der Waals surface area contributed by atoms with Gasteiger partial charge in [-0.25, -0.2) is 0 Å². The molecule has 6 nitrogen and oxygen atoms in total. The molecular formula is C31H29ClN4O2. The average molecular weight is 525 g/mol. The number of nitrogens with zero attached hydrogens (tertiary/aromatic N) is 4. The van der Waals surface area contributed by atoms with Crippen molar-refractivity contribution in [2.24, 2.45) is 5.92 Å². The minimum absolute atomic E-state index is 0.00273. The Morgan fingerprint density at radius 1 is 1.00 bits per heavy atom. The van der Waals surface area contributed by atoms with Crippen LogP contribution in [-0.2, 0) is 17.9 Å². The quantitative estimate of drug-likeness (QED) is 0.334. The van der Waals surface area contributed by atoms with Crippen LogP contribution in [-0.4, -0.2) is 39.7 Å². The maximum atomic E-state index is 14.0. The zero-order chi connectivity index (χ0) is 26.0. The van der Waals surface area contributed by atoms with Gasteiger partial charge >= 0.3 is 0 Å². The number of carbonyl (C=O) groups excluding carboxylic acids is 1. The summed E-state index contributed by atoms with van der Waals surface area (Å²) in [5.41, 5.74) is 5.89. The zero-order valence-corrected chi connectivity index (χ0v) is 22.1. The summed E-state index contributed by atoms with van der Waals surface area (Å²) in [4.78, 5) is 30.7. The Labute approximate surface area is 226 Å². The molecule has 2 unspecified atom stereocenters. The van der Waals surface area contributed by atoms with Crippen molar-refractivity contribution >= 4 is 45.7 Å². The Bertz CT molecular complexity index is 1680. The Morgan fingerprint density at radius 3 is 2.74 bits per heavy atom. The SMILES string of the molecule is CCn1cc(/C=C2\C(=O)N(CN3CC4CC(C3)c3cccc(=O)n3C4)c3cc(Cl)ccc32)c2ccccc21. The van der Waals surface area contributed by atoms with E-state index in [9.17, 15) is 9.59 Å². The predicted molar refractivity (Wildman–Crippen MR) is 152 cm³/mol. The van der Waals surface area contributed by atoms with Crippen LogP contribution in [0.3, 0.4) is 0 Å². The molecule has 38 heavy (non-hydrogen) atoms. The molecule has 1 fully saturated rings. The lowest BCUT2D eigenvalue weighted by Gasteiger charge is -2.43. The Kier molecular flexibility index (Phi) is 5.57. The second-order valence-corrected chi connectivity index (χ2v) is 11.2. The normalized spacial score (nSPS) is 21.8. The summed E-state index contributed by atoms with van der Waals surface area (Å²) in [6.45, 7) is 5.92. The molecule has 4 aromatic rings. The molecule has 7 heteroatoms. The highest BCUT2D eigenvalue weighted by Gasteiger charge is 2.38. The van der Waals surface area contributed by atoms with Crippen LogP contribution in [0.1, 0.15) is 36.1 Å². The van der Waals surface area contributed by atoms with E-state index in [-0.39, 0.29) is 11.5 Å². The number of aromatic nitrogens is 2. The van der Waals surface area contributed by atoms with Gasteiger partial charge in [-0.05, 0) is 49.6 Å². The second kappa shape index (κ2) is 9.00. The molecule has 0 saturated carbocycles. The Hall–Kier alpha value is -3.61. The van der Waals surface area contributed by atoms with Crippen LogP contribution in [0.15, 0.2) is 71.7 Å². The lowest BCUT2D eigenvalue weighted by atomic mass is 9.83. The Balaban J connectivity index is 1.23. The molecule has 192 valence electrons. The molecule has 1 amide bonds. The number of pyridine rings is 1. The number of halogens is 1. The maximum absolute atomic E-state index is 14.0. The Morgan fingerprint density at radius 2 is 1.87 bits per heavy atom. The number of amides is 1.